The first-order valence-corrected chi connectivity index (χ1v) is 8.21. The minimum atomic E-state index is -0.0161. The smallest absolute Gasteiger partial charge is 0.226 e. The molecule has 0 amide bonds. The molecular weight excluding hydrogens is 320 g/mol. The first-order chi connectivity index (χ1) is 11.6. The van der Waals surface area contributed by atoms with Gasteiger partial charge in [-0.1, -0.05) is 35.9 Å². The number of anilines is 1. The number of aromatic nitrogens is 3. The van der Waals surface area contributed by atoms with Gasteiger partial charge in [0, 0.05) is 10.7 Å². The molecule has 0 aliphatic carbocycles. The summed E-state index contributed by atoms with van der Waals surface area (Å²) in [6, 6.07) is 14.3. The van der Waals surface area contributed by atoms with Gasteiger partial charge in [-0.05, 0) is 60.4 Å². The third-order valence-electron chi connectivity index (χ3n) is 4.44. The van der Waals surface area contributed by atoms with Crippen molar-refractivity contribution in [3.05, 3.63) is 82.1 Å². The van der Waals surface area contributed by atoms with E-state index in [9.17, 15) is 0 Å². The minimum Gasteiger partial charge on any atom is -0.324 e. The molecule has 1 aliphatic rings. The summed E-state index contributed by atoms with van der Waals surface area (Å²) in [6.07, 6.45) is 3.75. The fourth-order valence-corrected chi connectivity index (χ4v) is 3.03. The Balaban J connectivity index is 1.81. The van der Waals surface area contributed by atoms with Crippen LogP contribution in [0.3, 0.4) is 0 Å². The van der Waals surface area contributed by atoms with Crippen LogP contribution in [-0.2, 0) is 0 Å². The second-order valence-electron chi connectivity index (χ2n) is 6.03. The number of nitrogens with zero attached hydrogens (tertiary/aromatic N) is 3. The van der Waals surface area contributed by atoms with Crippen LogP contribution in [0, 0.1) is 13.8 Å². The molecule has 24 heavy (non-hydrogen) atoms. The van der Waals surface area contributed by atoms with Crippen molar-refractivity contribution in [3.8, 4) is 0 Å². The first-order valence-electron chi connectivity index (χ1n) is 7.83. The molecule has 0 saturated heterocycles. The van der Waals surface area contributed by atoms with Gasteiger partial charge >= 0.3 is 0 Å². The summed E-state index contributed by atoms with van der Waals surface area (Å²) in [5, 5.41) is 8.46. The summed E-state index contributed by atoms with van der Waals surface area (Å²) in [7, 11) is 0. The molecule has 1 N–H and O–H groups in total. The average molecular weight is 337 g/mol. The van der Waals surface area contributed by atoms with Crippen LogP contribution >= 0.6 is 11.6 Å². The Hall–Kier alpha value is -2.59. The molecule has 1 aromatic heterocycles. The van der Waals surface area contributed by atoms with E-state index in [1.165, 1.54) is 11.1 Å². The normalized spacial score (nSPS) is 16.3. The molecule has 2 heterocycles. The van der Waals surface area contributed by atoms with E-state index >= 15 is 0 Å². The van der Waals surface area contributed by atoms with Gasteiger partial charge in [-0.25, -0.2) is 4.68 Å². The lowest BCUT2D eigenvalue weighted by Crippen LogP contribution is -2.20. The third kappa shape index (κ3) is 2.59. The standard InChI is InChI=1S/C19H17ClN4/c1-12-3-4-15(9-13(12)2)17-10-18(14-5-7-16(20)8-6-14)24-19(23-17)21-11-22-24/h3-11,18H,1-2H3,(H,21,22,23)/t18-/m0/s1. The molecule has 0 unspecified atom stereocenters. The molecule has 4 rings (SSSR count). The van der Waals surface area contributed by atoms with E-state index in [2.05, 4.69) is 53.5 Å². The predicted molar refractivity (Wildman–Crippen MR) is 97.1 cm³/mol. The number of rotatable bonds is 2. The van der Waals surface area contributed by atoms with Crippen molar-refractivity contribution >= 4 is 23.2 Å². The molecule has 2 aromatic carbocycles. The third-order valence-corrected chi connectivity index (χ3v) is 4.69. The maximum Gasteiger partial charge on any atom is 0.226 e. The van der Waals surface area contributed by atoms with E-state index in [0.29, 0.717) is 0 Å². The van der Waals surface area contributed by atoms with E-state index < -0.39 is 0 Å². The van der Waals surface area contributed by atoms with Crippen LogP contribution in [0.2, 0.25) is 5.02 Å². The number of aryl methyl sites for hydroxylation is 2. The Kier molecular flexibility index (Phi) is 3.62. The molecule has 4 nitrogen and oxygen atoms in total. The summed E-state index contributed by atoms with van der Waals surface area (Å²) in [5.41, 5.74) is 5.86. The van der Waals surface area contributed by atoms with Gasteiger partial charge in [-0.15, -0.1) is 0 Å². The highest BCUT2D eigenvalue weighted by atomic mass is 35.5. The fraction of sp³-hybridized carbons (Fsp3) is 0.158. The van der Waals surface area contributed by atoms with E-state index in [1.54, 1.807) is 6.33 Å². The summed E-state index contributed by atoms with van der Waals surface area (Å²) in [5.74, 6) is 0.741. The molecule has 1 aliphatic heterocycles. The highest BCUT2D eigenvalue weighted by molar-refractivity contribution is 6.30. The number of hydrogen-bond acceptors (Lipinski definition) is 3. The molecule has 0 radical (unpaired) electrons. The van der Waals surface area contributed by atoms with Crippen LogP contribution in [0.1, 0.15) is 28.3 Å². The van der Waals surface area contributed by atoms with Gasteiger partial charge < -0.3 is 5.32 Å². The molecule has 0 fully saturated rings. The molecule has 120 valence electrons. The van der Waals surface area contributed by atoms with Crippen LogP contribution in [-0.4, -0.2) is 14.8 Å². The first kappa shape index (κ1) is 15.0. The summed E-state index contributed by atoms with van der Waals surface area (Å²) in [6.45, 7) is 4.25. The van der Waals surface area contributed by atoms with E-state index in [4.69, 9.17) is 11.6 Å². The van der Waals surface area contributed by atoms with Crippen LogP contribution in [0.25, 0.3) is 5.70 Å². The monoisotopic (exact) mass is 336 g/mol. The minimum absolute atomic E-state index is 0.0161. The van der Waals surface area contributed by atoms with Gasteiger partial charge in [0.15, 0.2) is 0 Å². The highest BCUT2D eigenvalue weighted by Crippen LogP contribution is 2.32. The number of benzene rings is 2. The Bertz CT molecular complexity index is 925. The zero-order chi connectivity index (χ0) is 16.7. The van der Waals surface area contributed by atoms with Crippen molar-refractivity contribution in [3.63, 3.8) is 0 Å². The van der Waals surface area contributed by atoms with Crippen LogP contribution in [0.4, 0.5) is 5.95 Å². The second-order valence-corrected chi connectivity index (χ2v) is 6.47. The lowest BCUT2D eigenvalue weighted by Gasteiger charge is -2.24. The summed E-state index contributed by atoms with van der Waals surface area (Å²) < 4.78 is 1.88. The molecule has 5 heteroatoms. The maximum atomic E-state index is 6.02. The summed E-state index contributed by atoms with van der Waals surface area (Å²) >= 11 is 6.02. The molecule has 0 saturated carbocycles. The van der Waals surface area contributed by atoms with Gasteiger partial charge in [0.1, 0.15) is 12.4 Å². The van der Waals surface area contributed by atoms with E-state index in [1.807, 2.05) is 28.9 Å². The molecular formula is C19H17ClN4. The van der Waals surface area contributed by atoms with Crippen molar-refractivity contribution < 1.29 is 0 Å². The fourth-order valence-electron chi connectivity index (χ4n) is 2.91. The largest absolute Gasteiger partial charge is 0.324 e. The quantitative estimate of drug-likeness (QED) is 0.743. The summed E-state index contributed by atoms with van der Waals surface area (Å²) in [4.78, 5) is 4.34. The van der Waals surface area contributed by atoms with Crippen LogP contribution in [0.15, 0.2) is 54.9 Å². The topological polar surface area (TPSA) is 42.7 Å². The van der Waals surface area contributed by atoms with Gasteiger partial charge in [0.05, 0.1) is 0 Å². The highest BCUT2D eigenvalue weighted by Gasteiger charge is 2.23. The predicted octanol–water partition coefficient (Wildman–Crippen LogP) is 4.60. The van der Waals surface area contributed by atoms with Gasteiger partial charge in [-0.3, -0.25) is 0 Å². The Morgan fingerprint density at radius 3 is 2.58 bits per heavy atom. The van der Waals surface area contributed by atoms with E-state index in [-0.39, 0.29) is 6.04 Å². The van der Waals surface area contributed by atoms with Crippen molar-refractivity contribution in [1.82, 2.24) is 14.8 Å². The Morgan fingerprint density at radius 1 is 1.04 bits per heavy atom. The number of fused-ring (bicyclic) bond motifs is 1. The molecule has 0 spiro atoms. The maximum absolute atomic E-state index is 6.02. The SMILES string of the molecule is Cc1ccc(C2=C[C@@H](c3ccc(Cl)cc3)n3ncnc3N2)cc1C. The van der Waals surface area contributed by atoms with Crippen molar-refractivity contribution in [2.45, 2.75) is 19.9 Å². The number of halogens is 1. The van der Waals surface area contributed by atoms with Gasteiger partial charge in [-0.2, -0.15) is 10.1 Å². The van der Waals surface area contributed by atoms with Crippen molar-refractivity contribution in [2.24, 2.45) is 0 Å². The second kappa shape index (κ2) is 5.80. The van der Waals surface area contributed by atoms with Gasteiger partial charge in [0.2, 0.25) is 5.95 Å². The zero-order valence-electron chi connectivity index (χ0n) is 13.5. The molecule has 3 aromatic rings. The zero-order valence-corrected chi connectivity index (χ0v) is 14.2. The van der Waals surface area contributed by atoms with Crippen molar-refractivity contribution in [1.29, 1.82) is 0 Å². The average Bonchev–Trinajstić information content (AvgIpc) is 3.06. The van der Waals surface area contributed by atoms with E-state index in [0.717, 1.165) is 27.8 Å². The van der Waals surface area contributed by atoms with Gasteiger partial charge in [0.25, 0.3) is 0 Å². The Labute approximate surface area is 145 Å². The molecule has 1 atom stereocenters. The number of hydrogen-bond donors (Lipinski definition) is 1. The van der Waals surface area contributed by atoms with Crippen LogP contribution < -0.4 is 5.32 Å². The lowest BCUT2D eigenvalue weighted by molar-refractivity contribution is 0.612. The number of allylic oxidation sites excluding steroid dienone is 1. The molecule has 0 bridgehead atoms. The van der Waals surface area contributed by atoms with Crippen molar-refractivity contribution in [2.75, 3.05) is 5.32 Å². The Morgan fingerprint density at radius 2 is 1.83 bits per heavy atom. The lowest BCUT2D eigenvalue weighted by atomic mass is 9.99. The number of nitrogens with one attached hydrogen (secondary N) is 1. The van der Waals surface area contributed by atoms with Crippen LogP contribution in [0.5, 0.6) is 0 Å².